The van der Waals surface area contributed by atoms with Gasteiger partial charge in [0.25, 0.3) is 0 Å². The normalized spacial score (nSPS) is 11.2. The van der Waals surface area contributed by atoms with Gasteiger partial charge in [-0.1, -0.05) is 41.1 Å². The van der Waals surface area contributed by atoms with Crippen LogP contribution in [-0.4, -0.2) is 44.0 Å². The van der Waals surface area contributed by atoms with Crippen LogP contribution in [0.3, 0.4) is 0 Å². The molecule has 1 aromatic carbocycles. The molecule has 0 spiro atoms. The highest BCUT2D eigenvalue weighted by Crippen LogP contribution is 2.17. The minimum absolute atomic E-state index is 0.106. The van der Waals surface area contributed by atoms with Crippen molar-refractivity contribution in [2.75, 3.05) is 27.2 Å². The van der Waals surface area contributed by atoms with Gasteiger partial charge in [0.15, 0.2) is 5.96 Å². The maximum Gasteiger partial charge on any atom is 0.224 e. The number of guanidine groups is 1. The fourth-order valence-corrected chi connectivity index (χ4v) is 2.32. The predicted octanol–water partition coefficient (Wildman–Crippen LogP) is 2.37. The van der Waals surface area contributed by atoms with Crippen LogP contribution in [0.5, 0.6) is 0 Å². The summed E-state index contributed by atoms with van der Waals surface area (Å²) in [6.45, 7) is 4.14. The van der Waals surface area contributed by atoms with Crippen LogP contribution >= 0.6 is 15.9 Å². The molecule has 0 atom stereocenters. The van der Waals surface area contributed by atoms with Gasteiger partial charge in [-0.05, 0) is 18.1 Å². The van der Waals surface area contributed by atoms with Gasteiger partial charge in [-0.15, -0.1) is 0 Å². The summed E-state index contributed by atoms with van der Waals surface area (Å²) >= 11 is 3.50. The molecule has 0 heterocycles. The molecule has 2 N–H and O–H groups in total. The largest absolute Gasteiger partial charge is 0.356 e. The fourth-order valence-electron chi connectivity index (χ4n) is 1.91. The number of aliphatic imine (C=N–C) groups is 1. The number of hydrogen-bond donors (Lipinski definition) is 2. The maximum atomic E-state index is 12.2. The number of halogens is 1. The van der Waals surface area contributed by atoms with E-state index in [1.165, 1.54) is 0 Å². The molecule has 1 aromatic rings. The van der Waals surface area contributed by atoms with Crippen molar-refractivity contribution in [1.29, 1.82) is 0 Å². The Hall–Kier alpha value is -1.56. The maximum absolute atomic E-state index is 12.2. The number of nitrogens with zero attached hydrogens (tertiary/aromatic N) is 2. The smallest absolute Gasteiger partial charge is 0.224 e. The third-order valence-electron chi connectivity index (χ3n) is 3.19. The quantitative estimate of drug-likeness (QED) is 0.573. The minimum Gasteiger partial charge on any atom is -0.356 e. The van der Waals surface area contributed by atoms with Crippen molar-refractivity contribution in [2.45, 2.75) is 26.3 Å². The number of benzene rings is 1. The summed E-state index contributed by atoms with van der Waals surface area (Å²) in [6.07, 6.45) is 1.47. The van der Waals surface area contributed by atoms with Gasteiger partial charge >= 0.3 is 0 Å². The first-order valence-electron chi connectivity index (χ1n) is 7.50. The lowest BCUT2D eigenvalue weighted by Gasteiger charge is -2.18. The predicted molar refractivity (Wildman–Crippen MR) is 94.9 cm³/mol. The van der Waals surface area contributed by atoms with Gasteiger partial charge in [0, 0.05) is 44.6 Å². The van der Waals surface area contributed by atoms with Crippen LogP contribution in [-0.2, 0) is 11.3 Å². The molecule has 1 rings (SSSR count). The fraction of sp³-hybridized carbons (Fsp3) is 0.500. The van der Waals surface area contributed by atoms with E-state index in [1.54, 1.807) is 11.9 Å². The minimum atomic E-state index is 0.106. The second kappa shape index (κ2) is 10.2. The summed E-state index contributed by atoms with van der Waals surface area (Å²) in [5.74, 6) is 0.845. The molecule has 0 unspecified atom stereocenters. The Morgan fingerprint density at radius 1 is 1.27 bits per heavy atom. The molecule has 0 fully saturated rings. The third kappa shape index (κ3) is 6.47. The standard InChI is InChI=1S/C16H25BrN4O/c1-4-10-19-16(18-2)20-11-9-15(22)21(3)12-13-7-5-6-8-14(13)17/h5-8H,4,9-12H2,1-3H3,(H2,18,19,20). The molecular weight excluding hydrogens is 344 g/mol. The van der Waals surface area contributed by atoms with E-state index < -0.39 is 0 Å². The lowest BCUT2D eigenvalue weighted by Crippen LogP contribution is -2.39. The van der Waals surface area contributed by atoms with Crippen LogP contribution in [0.2, 0.25) is 0 Å². The highest BCUT2D eigenvalue weighted by atomic mass is 79.9. The van der Waals surface area contributed by atoms with Crippen LogP contribution < -0.4 is 10.6 Å². The van der Waals surface area contributed by atoms with Crippen LogP contribution in [0.15, 0.2) is 33.7 Å². The molecule has 0 radical (unpaired) electrons. The highest BCUT2D eigenvalue weighted by Gasteiger charge is 2.10. The second-order valence-electron chi connectivity index (χ2n) is 5.02. The zero-order chi connectivity index (χ0) is 16.4. The monoisotopic (exact) mass is 368 g/mol. The Morgan fingerprint density at radius 3 is 2.59 bits per heavy atom. The van der Waals surface area contributed by atoms with Crippen molar-refractivity contribution < 1.29 is 4.79 Å². The molecular formula is C16H25BrN4O. The van der Waals surface area contributed by atoms with Crippen molar-refractivity contribution in [3.8, 4) is 0 Å². The lowest BCUT2D eigenvalue weighted by atomic mass is 10.2. The number of rotatable bonds is 7. The van der Waals surface area contributed by atoms with Crippen molar-refractivity contribution in [2.24, 2.45) is 4.99 Å². The van der Waals surface area contributed by atoms with Crippen molar-refractivity contribution in [3.05, 3.63) is 34.3 Å². The van der Waals surface area contributed by atoms with Gasteiger partial charge < -0.3 is 15.5 Å². The third-order valence-corrected chi connectivity index (χ3v) is 3.96. The average Bonchev–Trinajstić information content (AvgIpc) is 2.52. The Labute approximate surface area is 141 Å². The molecule has 0 aliphatic carbocycles. The van der Waals surface area contributed by atoms with E-state index in [0.29, 0.717) is 19.5 Å². The van der Waals surface area contributed by atoms with E-state index >= 15 is 0 Å². The SMILES string of the molecule is CCCNC(=NC)NCCC(=O)N(C)Cc1ccccc1Br. The molecule has 0 aliphatic rings. The Kier molecular flexibility index (Phi) is 8.58. The molecule has 0 aliphatic heterocycles. The van der Waals surface area contributed by atoms with Gasteiger partial charge in [-0.25, -0.2) is 0 Å². The van der Waals surface area contributed by atoms with Crippen LogP contribution in [0.4, 0.5) is 0 Å². The number of carbonyl (C=O) groups is 1. The summed E-state index contributed by atoms with van der Waals surface area (Å²) < 4.78 is 1.02. The number of nitrogens with one attached hydrogen (secondary N) is 2. The molecule has 0 saturated carbocycles. The van der Waals surface area contributed by atoms with E-state index in [2.05, 4.69) is 38.5 Å². The van der Waals surface area contributed by atoms with Crippen LogP contribution in [0.1, 0.15) is 25.3 Å². The van der Waals surface area contributed by atoms with E-state index in [-0.39, 0.29) is 5.91 Å². The Balaban J connectivity index is 2.37. The summed E-state index contributed by atoms with van der Waals surface area (Å²) in [6, 6.07) is 7.94. The van der Waals surface area contributed by atoms with E-state index in [9.17, 15) is 4.79 Å². The lowest BCUT2D eigenvalue weighted by molar-refractivity contribution is -0.130. The van der Waals surface area contributed by atoms with Gasteiger partial charge in [0.1, 0.15) is 0 Å². The topological polar surface area (TPSA) is 56.7 Å². The first-order chi connectivity index (χ1) is 10.6. The average molecular weight is 369 g/mol. The van der Waals surface area contributed by atoms with Crippen LogP contribution in [0, 0.1) is 0 Å². The van der Waals surface area contributed by atoms with Crippen LogP contribution in [0.25, 0.3) is 0 Å². The highest BCUT2D eigenvalue weighted by molar-refractivity contribution is 9.10. The van der Waals surface area contributed by atoms with E-state index in [0.717, 1.165) is 29.0 Å². The summed E-state index contributed by atoms with van der Waals surface area (Å²) in [4.78, 5) is 18.0. The molecule has 5 nitrogen and oxygen atoms in total. The Bertz CT molecular complexity index is 505. The summed E-state index contributed by atoms with van der Waals surface area (Å²) in [7, 11) is 3.55. The van der Waals surface area contributed by atoms with E-state index in [1.807, 2.05) is 31.3 Å². The summed E-state index contributed by atoms with van der Waals surface area (Å²) in [5.41, 5.74) is 1.10. The van der Waals surface area contributed by atoms with Gasteiger partial charge in [-0.3, -0.25) is 9.79 Å². The first kappa shape index (κ1) is 18.5. The molecule has 1 amide bonds. The molecule has 0 bridgehead atoms. The number of carbonyl (C=O) groups excluding carboxylic acids is 1. The van der Waals surface area contributed by atoms with Gasteiger partial charge in [0.05, 0.1) is 0 Å². The van der Waals surface area contributed by atoms with E-state index in [4.69, 9.17) is 0 Å². The summed E-state index contributed by atoms with van der Waals surface area (Å²) in [5, 5.41) is 6.32. The van der Waals surface area contributed by atoms with Crippen molar-refractivity contribution in [1.82, 2.24) is 15.5 Å². The molecule has 22 heavy (non-hydrogen) atoms. The van der Waals surface area contributed by atoms with Gasteiger partial charge in [-0.2, -0.15) is 0 Å². The zero-order valence-electron chi connectivity index (χ0n) is 13.5. The van der Waals surface area contributed by atoms with Crippen molar-refractivity contribution >= 4 is 27.8 Å². The number of hydrogen-bond acceptors (Lipinski definition) is 2. The molecule has 0 aromatic heterocycles. The Morgan fingerprint density at radius 2 is 1.95 bits per heavy atom. The van der Waals surface area contributed by atoms with Gasteiger partial charge in [0.2, 0.25) is 5.91 Å². The first-order valence-corrected chi connectivity index (χ1v) is 8.29. The number of amides is 1. The molecule has 122 valence electrons. The molecule has 0 saturated heterocycles. The second-order valence-corrected chi connectivity index (χ2v) is 5.87. The molecule has 6 heteroatoms. The zero-order valence-corrected chi connectivity index (χ0v) is 15.1. The van der Waals surface area contributed by atoms with Crippen molar-refractivity contribution in [3.63, 3.8) is 0 Å².